The highest BCUT2D eigenvalue weighted by Gasteiger charge is 2.37. The fourth-order valence-electron chi connectivity index (χ4n) is 2.92. The lowest BCUT2D eigenvalue weighted by atomic mass is 9.83. The molecule has 1 unspecified atom stereocenters. The number of nitrogens with one attached hydrogen (secondary N) is 1. The van der Waals surface area contributed by atoms with Crippen LogP contribution in [0, 0.1) is 12.7 Å². The number of hydrogen-bond donors (Lipinski definition) is 1. The molecule has 0 aliphatic carbocycles. The Balaban J connectivity index is 3.21. The average Bonchev–Trinajstić information content (AvgIpc) is 2.49. The van der Waals surface area contributed by atoms with E-state index in [-0.39, 0.29) is 17.5 Å². The van der Waals surface area contributed by atoms with E-state index in [4.69, 9.17) is 4.74 Å². The van der Waals surface area contributed by atoms with Gasteiger partial charge in [0.05, 0.1) is 11.6 Å². The van der Waals surface area contributed by atoms with E-state index in [0.29, 0.717) is 12.2 Å². The molecular formula is C18H30FNO. The van der Waals surface area contributed by atoms with Crippen molar-refractivity contribution in [3.8, 4) is 0 Å². The zero-order chi connectivity index (χ0) is 15.9. The van der Waals surface area contributed by atoms with Crippen molar-refractivity contribution >= 4 is 0 Å². The van der Waals surface area contributed by atoms with Gasteiger partial charge in [0.1, 0.15) is 5.82 Å². The molecule has 0 aromatic heterocycles. The van der Waals surface area contributed by atoms with E-state index in [0.717, 1.165) is 31.4 Å². The third-order valence-corrected chi connectivity index (χ3v) is 4.28. The Bertz CT molecular complexity index is 429. The highest BCUT2D eigenvalue weighted by Crippen LogP contribution is 2.36. The lowest BCUT2D eigenvalue weighted by Gasteiger charge is -2.40. The van der Waals surface area contributed by atoms with Crippen molar-refractivity contribution in [3.05, 3.63) is 35.1 Å². The van der Waals surface area contributed by atoms with Gasteiger partial charge in [-0.25, -0.2) is 4.39 Å². The normalized spacial score (nSPS) is 13.4. The smallest absolute Gasteiger partial charge is 0.126 e. The highest BCUT2D eigenvalue weighted by molar-refractivity contribution is 5.28. The van der Waals surface area contributed by atoms with Gasteiger partial charge in [0.25, 0.3) is 0 Å². The predicted octanol–water partition coefficient (Wildman–Crippen LogP) is 4.77. The lowest BCUT2D eigenvalue weighted by molar-refractivity contribution is -0.0733. The number of halogens is 1. The second kappa shape index (κ2) is 8.50. The quantitative estimate of drug-likeness (QED) is 0.708. The number of benzene rings is 1. The monoisotopic (exact) mass is 295 g/mol. The Hall–Kier alpha value is -0.930. The average molecular weight is 295 g/mol. The van der Waals surface area contributed by atoms with E-state index in [1.165, 1.54) is 0 Å². The van der Waals surface area contributed by atoms with Gasteiger partial charge in [-0.3, -0.25) is 0 Å². The van der Waals surface area contributed by atoms with Crippen LogP contribution in [0.5, 0.6) is 0 Å². The van der Waals surface area contributed by atoms with Crippen LogP contribution >= 0.6 is 0 Å². The third-order valence-electron chi connectivity index (χ3n) is 4.28. The topological polar surface area (TPSA) is 21.3 Å². The molecule has 2 nitrogen and oxygen atoms in total. The van der Waals surface area contributed by atoms with E-state index < -0.39 is 0 Å². The Kier molecular flexibility index (Phi) is 7.33. The molecule has 0 aliphatic rings. The minimum absolute atomic E-state index is 0.0162. The van der Waals surface area contributed by atoms with Crippen molar-refractivity contribution in [2.24, 2.45) is 0 Å². The number of aryl methyl sites for hydroxylation is 1. The van der Waals surface area contributed by atoms with Crippen molar-refractivity contribution in [2.45, 2.75) is 65.5 Å². The molecule has 0 heterocycles. The summed E-state index contributed by atoms with van der Waals surface area (Å²) in [5.74, 6) is -0.145. The zero-order valence-corrected chi connectivity index (χ0v) is 14.1. The van der Waals surface area contributed by atoms with Crippen LogP contribution in [0.3, 0.4) is 0 Å². The van der Waals surface area contributed by atoms with Gasteiger partial charge in [-0.05, 0) is 56.8 Å². The van der Waals surface area contributed by atoms with Crippen molar-refractivity contribution in [2.75, 3.05) is 13.2 Å². The molecule has 1 rings (SSSR count). The Morgan fingerprint density at radius 3 is 2.33 bits per heavy atom. The van der Waals surface area contributed by atoms with Crippen LogP contribution in [0.1, 0.15) is 64.1 Å². The van der Waals surface area contributed by atoms with Gasteiger partial charge in [0.2, 0.25) is 0 Å². The molecule has 0 amide bonds. The first-order valence-corrected chi connectivity index (χ1v) is 8.17. The summed E-state index contributed by atoms with van der Waals surface area (Å²) in [6.07, 6.45) is 2.84. The fraction of sp³-hybridized carbons (Fsp3) is 0.667. The van der Waals surface area contributed by atoms with E-state index in [1.54, 1.807) is 13.0 Å². The van der Waals surface area contributed by atoms with Gasteiger partial charge in [0.15, 0.2) is 0 Å². The van der Waals surface area contributed by atoms with Crippen LogP contribution in [0.25, 0.3) is 0 Å². The molecule has 1 aromatic carbocycles. The van der Waals surface area contributed by atoms with Crippen LogP contribution in [0.2, 0.25) is 0 Å². The van der Waals surface area contributed by atoms with Gasteiger partial charge in [-0.2, -0.15) is 0 Å². The van der Waals surface area contributed by atoms with Crippen LogP contribution in [-0.4, -0.2) is 18.8 Å². The summed E-state index contributed by atoms with van der Waals surface area (Å²) in [4.78, 5) is 0. The minimum Gasteiger partial charge on any atom is -0.373 e. The van der Waals surface area contributed by atoms with Crippen LogP contribution in [0.15, 0.2) is 18.2 Å². The summed E-state index contributed by atoms with van der Waals surface area (Å²) in [5, 5.41) is 3.57. The summed E-state index contributed by atoms with van der Waals surface area (Å²) in [7, 11) is 0. The van der Waals surface area contributed by atoms with E-state index in [2.05, 4.69) is 26.1 Å². The molecule has 3 heteroatoms. The summed E-state index contributed by atoms with van der Waals surface area (Å²) in [6.45, 7) is 11.8. The maximum absolute atomic E-state index is 14.0. The van der Waals surface area contributed by atoms with Crippen molar-refractivity contribution in [1.82, 2.24) is 5.32 Å². The van der Waals surface area contributed by atoms with Crippen molar-refractivity contribution in [3.63, 3.8) is 0 Å². The summed E-state index contributed by atoms with van der Waals surface area (Å²) >= 11 is 0. The largest absolute Gasteiger partial charge is 0.373 e. The van der Waals surface area contributed by atoms with Gasteiger partial charge >= 0.3 is 0 Å². The second-order valence-electron chi connectivity index (χ2n) is 5.60. The Labute approximate surface area is 129 Å². The molecular weight excluding hydrogens is 265 g/mol. The molecule has 0 spiro atoms. The predicted molar refractivity (Wildman–Crippen MR) is 87.1 cm³/mol. The van der Waals surface area contributed by atoms with Gasteiger partial charge in [0, 0.05) is 6.61 Å². The van der Waals surface area contributed by atoms with E-state index in [1.807, 2.05) is 19.1 Å². The maximum atomic E-state index is 14.0. The van der Waals surface area contributed by atoms with Crippen molar-refractivity contribution < 1.29 is 9.13 Å². The molecule has 1 atom stereocenters. The lowest BCUT2D eigenvalue weighted by Crippen LogP contribution is -2.46. The molecule has 1 aromatic rings. The van der Waals surface area contributed by atoms with Gasteiger partial charge < -0.3 is 10.1 Å². The maximum Gasteiger partial charge on any atom is 0.126 e. The summed E-state index contributed by atoms with van der Waals surface area (Å²) in [6, 6.07) is 5.54. The first kappa shape index (κ1) is 18.1. The molecule has 0 fully saturated rings. The van der Waals surface area contributed by atoms with E-state index in [9.17, 15) is 4.39 Å². The number of rotatable bonds is 9. The number of hydrogen-bond acceptors (Lipinski definition) is 2. The van der Waals surface area contributed by atoms with Gasteiger partial charge in [-0.1, -0.05) is 32.9 Å². The standard InChI is InChI=1S/C18H30FNO/c1-6-12-20-17(18(7-2,8-3)21-9-4)15-11-10-14(5)16(19)13-15/h10-11,13,17,20H,6-9,12H2,1-5H3. The van der Waals surface area contributed by atoms with Crippen LogP contribution < -0.4 is 5.32 Å². The SMILES string of the molecule is CCCNC(c1ccc(C)c(F)c1)C(CC)(CC)OCC. The molecule has 0 saturated heterocycles. The fourth-order valence-corrected chi connectivity index (χ4v) is 2.92. The first-order valence-electron chi connectivity index (χ1n) is 8.17. The molecule has 120 valence electrons. The Morgan fingerprint density at radius 2 is 1.86 bits per heavy atom. The van der Waals surface area contributed by atoms with Crippen molar-refractivity contribution in [1.29, 1.82) is 0 Å². The Morgan fingerprint density at radius 1 is 1.19 bits per heavy atom. The van der Waals surface area contributed by atoms with Gasteiger partial charge in [-0.15, -0.1) is 0 Å². The minimum atomic E-state index is -0.286. The molecule has 0 bridgehead atoms. The molecule has 0 aliphatic heterocycles. The first-order chi connectivity index (χ1) is 10.0. The van der Waals surface area contributed by atoms with Crippen LogP contribution in [0.4, 0.5) is 4.39 Å². The molecule has 1 N–H and O–H groups in total. The van der Waals surface area contributed by atoms with Crippen LogP contribution in [-0.2, 0) is 4.74 Å². The summed E-state index contributed by atoms with van der Waals surface area (Å²) < 4.78 is 20.1. The highest BCUT2D eigenvalue weighted by atomic mass is 19.1. The molecule has 0 radical (unpaired) electrons. The molecule has 21 heavy (non-hydrogen) atoms. The third kappa shape index (κ3) is 4.27. The second-order valence-corrected chi connectivity index (χ2v) is 5.60. The summed E-state index contributed by atoms with van der Waals surface area (Å²) in [5.41, 5.74) is 1.37. The van der Waals surface area contributed by atoms with E-state index >= 15 is 0 Å². The molecule has 0 saturated carbocycles. The number of ether oxygens (including phenoxy) is 1. The zero-order valence-electron chi connectivity index (χ0n) is 14.1.